The Morgan fingerprint density at radius 2 is 2.36 bits per heavy atom. The molecule has 0 bridgehead atoms. The molecule has 0 amide bonds. The van der Waals surface area contributed by atoms with Gasteiger partial charge in [0.25, 0.3) is 0 Å². The van der Waals surface area contributed by atoms with E-state index in [1.807, 2.05) is 7.05 Å². The second-order valence-electron chi connectivity index (χ2n) is 4.28. The zero-order valence-electron chi connectivity index (χ0n) is 9.75. The summed E-state index contributed by atoms with van der Waals surface area (Å²) in [6.45, 7) is 3.51. The van der Waals surface area contributed by atoms with Gasteiger partial charge in [0.1, 0.15) is 0 Å². The lowest BCUT2D eigenvalue weighted by Gasteiger charge is -2.30. The largest absolute Gasteiger partial charge is 0.320 e. The molecule has 3 heteroatoms. The van der Waals surface area contributed by atoms with Crippen LogP contribution in [0, 0.1) is 0 Å². The van der Waals surface area contributed by atoms with Gasteiger partial charge in [0, 0.05) is 17.8 Å². The van der Waals surface area contributed by atoms with Gasteiger partial charge in [0.15, 0.2) is 0 Å². The Kier molecular flexibility index (Phi) is 5.90. The summed E-state index contributed by atoms with van der Waals surface area (Å²) in [6, 6.07) is 1.58. The minimum absolute atomic E-state index is 0.743. The molecule has 0 aromatic rings. The zero-order valence-corrected chi connectivity index (χ0v) is 10.6. The van der Waals surface area contributed by atoms with Crippen molar-refractivity contribution in [1.82, 2.24) is 10.2 Å². The minimum atomic E-state index is 0.743. The Hall–Kier alpha value is 0.270. The van der Waals surface area contributed by atoms with Gasteiger partial charge in [-0.1, -0.05) is 0 Å². The van der Waals surface area contributed by atoms with Gasteiger partial charge in [-0.25, -0.2) is 0 Å². The predicted octanol–water partition coefficient (Wildman–Crippen LogP) is 1.81. The van der Waals surface area contributed by atoms with Gasteiger partial charge in [-0.15, -0.1) is 0 Å². The van der Waals surface area contributed by atoms with E-state index in [0.29, 0.717) is 0 Å². The van der Waals surface area contributed by atoms with Crippen LogP contribution in [0.25, 0.3) is 0 Å². The van der Waals surface area contributed by atoms with Crippen molar-refractivity contribution in [2.24, 2.45) is 0 Å². The van der Waals surface area contributed by atoms with Crippen molar-refractivity contribution < 1.29 is 0 Å². The summed E-state index contributed by atoms with van der Waals surface area (Å²) in [5, 5.41) is 3.21. The van der Waals surface area contributed by atoms with Crippen LogP contribution in [0.3, 0.4) is 0 Å². The van der Waals surface area contributed by atoms with Crippen LogP contribution in [0.2, 0.25) is 0 Å². The number of thioether (sulfide) groups is 1. The normalized spacial score (nSPS) is 24.4. The van der Waals surface area contributed by atoms with Crippen molar-refractivity contribution in [3.8, 4) is 0 Å². The average Bonchev–Trinajstić information content (AvgIpc) is 2.69. The molecule has 0 radical (unpaired) electrons. The number of nitrogens with zero attached hydrogens (tertiary/aromatic N) is 1. The SMILES string of the molecule is CNCCCC(C)N(C)C1CCSC1. The van der Waals surface area contributed by atoms with Crippen LogP contribution in [0.15, 0.2) is 0 Å². The van der Waals surface area contributed by atoms with Gasteiger partial charge >= 0.3 is 0 Å². The lowest BCUT2D eigenvalue weighted by atomic mass is 10.1. The highest BCUT2D eigenvalue weighted by atomic mass is 32.2. The van der Waals surface area contributed by atoms with Crippen LogP contribution in [-0.2, 0) is 0 Å². The first kappa shape index (κ1) is 12.3. The zero-order chi connectivity index (χ0) is 10.4. The number of rotatable bonds is 6. The fraction of sp³-hybridized carbons (Fsp3) is 1.00. The Morgan fingerprint density at radius 1 is 1.57 bits per heavy atom. The maximum Gasteiger partial charge on any atom is 0.0194 e. The molecular formula is C11H24N2S. The van der Waals surface area contributed by atoms with Crippen molar-refractivity contribution in [2.75, 3.05) is 32.1 Å². The number of hydrogen-bond acceptors (Lipinski definition) is 3. The maximum atomic E-state index is 3.21. The Morgan fingerprint density at radius 3 is 2.93 bits per heavy atom. The van der Waals surface area contributed by atoms with Crippen LogP contribution in [0.1, 0.15) is 26.2 Å². The molecule has 2 nitrogen and oxygen atoms in total. The molecule has 0 aromatic heterocycles. The molecule has 1 saturated heterocycles. The smallest absolute Gasteiger partial charge is 0.0194 e. The van der Waals surface area contributed by atoms with E-state index in [1.165, 1.54) is 30.8 Å². The second-order valence-corrected chi connectivity index (χ2v) is 5.43. The van der Waals surface area contributed by atoms with Crippen LogP contribution in [0.5, 0.6) is 0 Å². The topological polar surface area (TPSA) is 15.3 Å². The van der Waals surface area contributed by atoms with Crippen LogP contribution < -0.4 is 5.32 Å². The monoisotopic (exact) mass is 216 g/mol. The average molecular weight is 216 g/mol. The third-order valence-corrected chi connectivity index (χ3v) is 4.37. The molecule has 1 heterocycles. The fourth-order valence-electron chi connectivity index (χ4n) is 1.98. The first-order valence-electron chi connectivity index (χ1n) is 5.70. The van der Waals surface area contributed by atoms with E-state index in [1.54, 1.807) is 0 Å². The number of nitrogens with one attached hydrogen (secondary N) is 1. The molecule has 1 rings (SSSR count). The first-order valence-corrected chi connectivity index (χ1v) is 6.85. The maximum absolute atomic E-state index is 3.21. The van der Waals surface area contributed by atoms with Crippen molar-refractivity contribution in [3.63, 3.8) is 0 Å². The summed E-state index contributed by atoms with van der Waals surface area (Å²) in [5.74, 6) is 2.70. The van der Waals surface area contributed by atoms with Crippen LogP contribution >= 0.6 is 11.8 Å². The number of hydrogen-bond donors (Lipinski definition) is 1. The highest BCUT2D eigenvalue weighted by Crippen LogP contribution is 2.23. The molecule has 0 saturated carbocycles. The van der Waals surface area contributed by atoms with Gasteiger partial charge in [0.05, 0.1) is 0 Å². The Labute approximate surface area is 92.8 Å². The summed E-state index contributed by atoms with van der Waals surface area (Å²) >= 11 is 2.10. The summed E-state index contributed by atoms with van der Waals surface area (Å²) in [7, 11) is 4.32. The standard InChI is InChI=1S/C11H24N2S/c1-10(5-4-7-12-2)13(3)11-6-8-14-9-11/h10-12H,4-9H2,1-3H3. The van der Waals surface area contributed by atoms with E-state index in [0.717, 1.165) is 18.6 Å². The molecule has 14 heavy (non-hydrogen) atoms. The fourth-order valence-corrected chi connectivity index (χ4v) is 3.26. The molecule has 0 aromatic carbocycles. The van der Waals surface area contributed by atoms with E-state index >= 15 is 0 Å². The summed E-state index contributed by atoms with van der Waals surface area (Å²) < 4.78 is 0. The van der Waals surface area contributed by atoms with Crippen molar-refractivity contribution in [1.29, 1.82) is 0 Å². The molecule has 2 atom stereocenters. The van der Waals surface area contributed by atoms with Crippen molar-refractivity contribution in [3.05, 3.63) is 0 Å². The third-order valence-electron chi connectivity index (χ3n) is 3.23. The van der Waals surface area contributed by atoms with Crippen LogP contribution in [-0.4, -0.2) is 49.1 Å². The van der Waals surface area contributed by atoms with E-state index in [4.69, 9.17) is 0 Å². The van der Waals surface area contributed by atoms with Gasteiger partial charge < -0.3 is 5.32 Å². The summed E-state index contributed by atoms with van der Waals surface area (Å²) in [5.41, 5.74) is 0. The van der Waals surface area contributed by atoms with Gasteiger partial charge in [0.2, 0.25) is 0 Å². The molecule has 84 valence electrons. The Balaban J connectivity index is 2.17. The predicted molar refractivity (Wildman–Crippen MR) is 66.1 cm³/mol. The third kappa shape index (κ3) is 3.79. The quantitative estimate of drug-likeness (QED) is 0.682. The van der Waals surface area contributed by atoms with E-state index in [2.05, 4.69) is 35.9 Å². The lowest BCUT2D eigenvalue weighted by Crippen LogP contribution is -2.38. The molecule has 0 aliphatic carbocycles. The van der Waals surface area contributed by atoms with Crippen molar-refractivity contribution in [2.45, 2.75) is 38.3 Å². The lowest BCUT2D eigenvalue weighted by molar-refractivity contribution is 0.189. The molecule has 1 N–H and O–H groups in total. The van der Waals surface area contributed by atoms with Crippen molar-refractivity contribution >= 4 is 11.8 Å². The molecule has 1 fully saturated rings. The highest BCUT2D eigenvalue weighted by Gasteiger charge is 2.22. The van der Waals surface area contributed by atoms with Gasteiger partial charge in [-0.05, 0) is 52.6 Å². The van der Waals surface area contributed by atoms with E-state index in [-0.39, 0.29) is 0 Å². The molecule has 2 unspecified atom stereocenters. The second kappa shape index (κ2) is 6.70. The molecule has 1 aliphatic heterocycles. The first-order chi connectivity index (χ1) is 6.75. The molecule has 1 aliphatic rings. The van der Waals surface area contributed by atoms with Crippen LogP contribution in [0.4, 0.5) is 0 Å². The van der Waals surface area contributed by atoms with Gasteiger partial charge in [-0.2, -0.15) is 11.8 Å². The molecular weight excluding hydrogens is 192 g/mol. The van der Waals surface area contributed by atoms with Gasteiger partial charge in [-0.3, -0.25) is 4.90 Å². The Bertz CT molecular complexity index is 146. The minimum Gasteiger partial charge on any atom is -0.320 e. The van der Waals surface area contributed by atoms with E-state index in [9.17, 15) is 0 Å². The summed E-state index contributed by atoms with van der Waals surface area (Å²) in [4.78, 5) is 2.58. The van der Waals surface area contributed by atoms with E-state index < -0.39 is 0 Å². The highest BCUT2D eigenvalue weighted by molar-refractivity contribution is 7.99. The summed E-state index contributed by atoms with van der Waals surface area (Å²) in [6.07, 6.45) is 4.00. The molecule has 0 spiro atoms.